The van der Waals surface area contributed by atoms with Crippen LogP contribution in [0.4, 0.5) is 5.69 Å². The van der Waals surface area contributed by atoms with Crippen molar-refractivity contribution in [2.75, 3.05) is 5.32 Å². The van der Waals surface area contributed by atoms with Crippen LogP contribution in [0.15, 0.2) is 12.3 Å². The molecule has 2 N–H and O–H groups in total. The number of aromatic carboxylic acids is 1. The molecule has 0 aliphatic heterocycles. The van der Waals surface area contributed by atoms with E-state index in [1.807, 2.05) is 31.5 Å². The number of carboxylic acid groups (broad SMARTS) is 1. The highest BCUT2D eigenvalue weighted by molar-refractivity contribution is 6.09. The number of hydrogen-bond acceptors (Lipinski definition) is 5. The fraction of sp³-hybridized carbons (Fsp3) is 0.353. The van der Waals surface area contributed by atoms with Gasteiger partial charge in [-0.1, -0.05) is 0 Å². The number of carbonyl (C=O) groups excluding carboxylic acids is 1. The van der Waals surface area contributed by atoms with Crippen LogP contribution in [0.1, 0.15) is 43.6 Å². The Morgan fingerprint density at radius 2 is 1.81 bits per heavy atom. The Kier molecular flexibility index (Phi) is 4.56. The molecule has 0 saturated heterocycles. The molecule has 3 aromatic heterocycles. The van der Waals surface area contributed by atoms with Crippen LogP contribution in [0.25, 0.3) is 0 Å². The SMILES string of the molecule is Cc1cc(C)n(Cn2nc(C)c(NC(=O)c3nn(C)cc3C(=O)O)c2C)n1. The molecule has 0 aromatic carbocycles. The zero-order chi connectivity index (χ0) is 19.9. The number of nitrogens with zero attached hydrogens (tertiary/aromatic N) is 6. The number of nitrogens with one attached hydrogen (secondary N) is 1. The minimum absolute atomic E-state index is 0.143. The summed E-state index contributed by atoms with van der Waals surface area (Å²) in [6.07, 6.45) is 1.29. The van der Waals surface area contributed by atoms with Gasteiger partial charge in [0.1, 0.15) is 12.2 Å². The minimum Gasteiger partial charge on any atom is -0.478 e. The molecule has 0 fully saturated rings. The number of aryl methyl sites for hydroxylation is 4. The van der Waals surface area contributed by atoms with Crippen LogP contribution in [0.5, 0.6) is 0 Å². The lowest BCUT2D eigenvalue weighted by Crippen LogP contribution is -2.18. The highest BCUT2D eigenvalue weighted by Crippen LogP contribution is 2.21. The fourth-order valence-corrected chi connectivity index (χ4v) is 2.95. The lowest BCUT2D eigenvalue weighted by atomic mass is 10.2. The van der Waals surface area contributed by atoms with Crippen LogP contribution < -0.4 is 5.32 Å². The molecule has 142 valence electrons. The van der Waals surface area contributed by atoms with Crippen molar-refractivity contribution in [1.82, 2.24) is 29.3 Å². The maximum Gasteiger partial charge on any atom is 0.339 e. The van der Waals surface area contributed by atoms with E-state index in [0.717, 1.165) is 17.1 Å². The lowest BCUT2D eigenvalue weighted by molar-refractivity contribution is 0.0692. The normalized spacial score (nSPS) is 11.0. The van der Waals surface area contributed by atoms with Crippen molar-refractivity contribution in [3.8, 4) is 0 Å². The topological polar surface area (TPSA) is 120 Å². The van der Waals surface area contributed by atoms with E-state index in [4.69, 9.17) is 0 Å². The number of aromatic nitrogens is 6. The van der Waals surface area contributed by atoms with E-state index < -0.39 is 11.9 Å². The van der Waals surface area contributed by atoms with E-state index in [1.54, 1.807) is 18.7 Å². The Labute approximate surface area is 155 Å². The van der Waals surface area contributed by atoms with Gasteiger partial charge in [0.2, 0.25) is 0 Å². The van der Waals surface area contributed by atoms with E-state index in [-0.39, 0.29) is 11.3 Å². The Morgan fingerprint density at radius 1 is 1.11 bits per heavy atom. The van der Waals surface area contributed by atoms with Crippen molar-refractivity contribution in [1.29, 1.82) is 0 Å². The van der Waals surface area contributed by atoms with E-state index in [1.165, 1.54) is 10.9 Å². The summed E-state index contributed by atoms with van der Waals surface area (Å²) in [5, 5.41) is 24.8. The van der Waals surface area contributed by atoms with Gasteiger partial charge in [-0.2, -0.15) is 15.3 Å². The average Bonchev–Trinajstić information content (AvgIpc) is 3.20. The monoisotopic (exact) mass is 371 g/mol. The summed E-state index contributed by atoms with van der Waals surface area (Å²) >= 11 is 0. The van der Waals surface area contributed by atoms with Crippen LogP contribution in [-0.2, 0) is 13.7 Å². The van der Waals surface area contributed by atoms with Gasteiger partial charge in [0.15, 0.2) is 5.69 Å². The zero-order valence-corrected chi connectivity index (χ0v) is 15.8. The largest absolute Gasteiger partial charge is 0.478 e. The Hall–Kier alpha value is -3.43. The molecule has 0 radical (unpaired) electrons. The first kappa shape index (κ1) is 18.4. The number of anilines is 1. The molecule has 3 aromatic rings. The standard InChI is InChI=1S/C17H21N7O3/c1-9-6-10(2)23(19-9)8-24-12(4)14(11(3)20-24)18-16(25)15-13(17(26)27)7-22(5)21-15/h6-7H,8H2,1-5H3,(H,18,25)(H,26,27). The summed E-state index contributed by atoms with van der Waals surface area (Å²) in [6.45, 7) is 7.90. The summed E-state index contributed by atoms with van der Waals surface area (Å²) in [5.74, 6) is -1.80. The first-order chi connectivity index (χ1) is 12.7. The molecule has 0 saturated carbocycles. The fourth-order valence-electron chi connectivity index (χ4n) is 2.95. The molecule has 0 aliphatic carbocycles. The maximum atomic E-state index is 12.6. The van der Waals surface area contributed by atoms with E-state index in [9.17, 15) is 14.7 Å². The molecule has 0 aliphatic rings. The summed E-state index contributed by atoms with van der Waals surface area (Å²) in [4.78, 5) is 23.9. The molecule has 0 unspecified atom stereocenters. The van der Waals surface area contributed by atoms with Crippen LogP contribution in [0.3, 0.4) is 0 Å². The summed E-state index contributed by atoms with van der Waals surface area (Å²) in [7, 11) is 1.56. The van der Waals surface area contributed by atoms with Crippen molar-refractivity contribution in [2.24, 2.45) is 7.05 Å². The smallest absolute Gasteiger partial charge is 0.339 e. The van der Waals surface area contributed by atoms with Gasteiger partial charge in [0, 0.05) is 18.9 Å². The highest BCUT2D eigenvalue weighted by atomic mass is 16.4. The summed E-state index contributed by atoms with van der Waals surface area (Å²) in [6, 6.07) is 1.98. The average molecular weight is 371 g/mol. The number of hydrogen-bond donors (Lipinski definition) is 2. The van der Waals surface area contributed by atoms with Gasteiger partial charge < -0.3 is 10.4 Å². The Morgan fingerprint density at radius 3 is 2.41 bits per heavy atom. The van der Waals surface area contributed by atoms with E-state index >= 15 is 0 Å². The van der Waals surface area contributed by atoms with Gasteiger partial charge in [0.25, 0.3) is 5.91 Å². The molecule has 0 bridgehead atoms. The predicted molar refractivity (Wildman–Crippen MR) is 96.9 cm³/mol. The van der Waals surface area contributed by atoms with Crippen molar-refractivity contribution in [3.05, 3.63) is 46.3 Å². The van der Waals surface area contributed by atoms with Crippen LogP contribution in [0, 0.1) is 27.7 Å². The second-order valence-corrected chi connectivity index (χ2v) is 6.44. The van der Waals surface area contributed by atoms with Gasteiger partial charge in [-0.15, -0.1) is 0 Å². The van der Waals surface area contributed by atoms with Crippen molar-refractivity contribution >= 4 is 17.6 Å². The van der Waals surface area contributed by atoms with Gasteiger partial charge in [-0.05, 0) is 33.8 Å². The number of amides is 1. The molecular formula is C17H21N7O3. The molecule has 1 amide bonds. The van der Waals surface area contributed by atoms with Crippen molar-refractivity contribution in [3.63, 3.8) is 0 Å². The number of carbonyl (C=O) groups is 2. The van der Waals surface area contributed by atoms with Crippen LogP contribution in [-0.4, -0.2) is 46.3 Å². The van der Waals surface area contributed by atoms with E-state index in [0.29, 0.717) is 18.1 Å². The second-order valence-electron chi connectivity index (χ2n) is 6.44. The van der Waals surface area contributed by atoms with Crippen LogP contribution >= 0.6 is 0 Å². The molecule has 10 nitrogen and oxygen atoms in total. The first-order valence-corrected chi connectivity index (χ1v) is 8.30. The molecular weight excluding hydrogens is 350 g/mol. The number of carboxylic acids is 1. The quantitative estimate of drug-likeness (QED) is 0.701. The third-order valence-electron chi connectivity index (χ3n) is 4.27. The maximum absolute atomic E-state index is 12.6. The number of rotatable bonds is 5. The minimum atomic E-state index is -1.21. The van der Waals surface area contributed by atoms with Gasteiger partial charge >= 0.3 is 5.97 Å². The summed E-state index contributed by atoms with van der Waals surface area (Å²) in [5.41, 5.74) is 3.51. The summed E-state index contributed by atoms with van der Waals surface area (Å²) < 4.78 is 4.85. The molecule has 27 heavy (non-hydrogen) atoms. The molecule has 10 heteroatoms. The lowest BCUT2D eigenvalue weighted by Gasteiger charge is -2.08. The molecule has 0 atom stereocenters. The van der Waals surface area contributed by atoms with E-state index in [2.05, 4.69) is 20.6 Å². The molecule has 0 spiro atoms. The third-order valence-corrected chi connectivity index (χ3v) is 4.27. The predicted octanol–water partition coefficient (Wildman–Crippen LogP) is 1.50. The second kappa shape index (κ2) is 6.71. The molecule has 3 rings (SSSR count). The van der Waals surface area contributed by atoms with Crippen molar-refractivity contribution < 1.29 is 14.7 Å². The van der Waals surface area contributed by atoms with Crippen molar-refractivity contribution in [2.45, 2.75) is 34.4 Å². The highest BCUT2D eigenvalue weighted by Gasteiger charge is 2.23. The first-order valence-electron chi connectivity index (χ1n) is 8.30. The van der Waals surface area contributed by atoms with Gasteiger partial charge in [-0.3, -0.25) is 9.48 Å². The van der Waals surface area contributed by atoms with Crippen LogP contribution in [0.2, 0.25) is 0 Å². The van der Waals surface area contributed by atoms with Gasteiger partial charge in [0.05, 0.1) is 22.8 Å². The Bertz CT molecular complexity index is 1040. The van der Waals surface area contributed by atoms with Gasteiger partial charge in [-0.25, -0.2) is 14.2 Å². The third kappa shape index (κ3) is 3.46. The zero-order valence-electron chi connectivity index (χ0n) is 15.8. The molecule has 3 heterocycles. The Balaban J connectivity index is 1.88.